The third-order valence-corrected chi connectivity index (χ3v) is 3.56. The van der Waals surface area contributed by atoms with Crippen molar-refractivity contribution in [3.05, 3.63) is 37.1 Å². The van der Waals surface area contributed by atoms with E-state index in [1.54, 1.807) is 23.3 Å². The molecule has 17 heavy (non-hydrogen) atoms. The van der Waals surface area contributed by atoms with Gasteiger partial charge in [0.1, 0.15) is 0 Å². The molecule has 1 aliphatic carbocycles. The van der Waals surface area contributed by atoms with Gasteiger partial charge in [-0.25, -0.2) is 0 Å². The molecular formula is C15H23NO. The van der Waals surface area contributed by atoms with Crippen molar-refractivity contribution in [1.29, 1.82) is 0 Å². The molecule has 0 bridgehead atoms. The maximum absolute atomic E-state index is 12.1. The molecule has 1 aliphatic rings. The molecule has 0 heterocycles. The highest BCUT2D eigenvalue weighted by Crippen LogP contribution is 2.32. The Balaban J connectivity index is 2.87. The lowest BCUT2D eigenvalue weighted by atomic mass is 9.81. The zero-order chi connectivity index (χ0) is 13.1. The normalized spacial score (nSPS) is 16.5. The van der Waals surface area contributed by atoms with Crippen LogP contribution in [0.25, 0.3) is 0 Å². The van der Waals surface area contributed by atoms with Crippen LogP contribution in [-0.2, 0) is 4.79 Å². The van der Waals surface area contributed by atoms with Gasteiger partial charge >= 0.3 is 0 Å². The number of carbonyl (C=O) groups is 1. The summed E-state index contributed by atoms with van der Waals surface area (Å²) in [7, 11) is 0. The number of nitrogens with zero attached hydrogens (tertiary/aromatic N) is 1. The van der Waals surface area contributed by atoms with Crippen LogP contribution in [0.5, 0.6) is 0 Å². The van der Waals surface area contributed by atoms with E-state index in [1.807, 2.05) is 0 Å². The lowest BCUT2D eigenvalue weighted by Crippen LogP contribution is -2.27. The molecule has 0 saturated heterocycles. The second kappa shape index (κ2) is 5.35. The van der Waals surface area contributed by atoms with Crippen molar-refractivity contribution in [3.8, 4) is 0 Å². The maximum Gasteiger partial charge on any atom is 0.251 e. The smallest absolute Gasteiger partial charge is 0.251 e. The topological polar surface area (TPSA) is 20.3 Å². The number of carbonyl (C=O) groups excluding carboxylic acids is 1. The van der Waals surface area contributed by atoms with Gasteiger partial charge in [-0.05, 0) is 30.3 Å². The Labute approximate surface area is 105 Å². The summed E-state index contributed by atoms with van der Waals surface area (Å²) in [6, 6.07) is 0.368. The zero-order valence-electron chi connectivity index (χ0n) is 11.2. The first kappa shape index (κ1) is 13.8. The van der Waals surface area contributed by atoms with Crippen LogP contribution >= 0.6 is 0 Å². The fourth-order valence-corrected chi connectivity index (χ4v) is 1.71. The van der Waals surface area contributed by atoms with Gasteiger partial charge in [0.2, 0.25) is 0 Å². The highest BCUT2D eigenvalue weighted by Gasteiger charge is 2.30. The lowest BCUT2D eigenvalue weighted by Gasteiger charge is -2.25. The summed E-state index contributed by atoms with van der Waals surface area (Å²) >= 11 is 0. The first-order chi connectivity index (χ1) is 7.96. The summed E-state index contributed by atoms with van der Waals surface area (Å²) < 4.78 is 0. The third-order valence-electron chi connectivity index (χ3n) is 3.56. The molecule has 2 nitrogen and oxygen atoms in total. The van der Waals surface area contributed by atoms with Crippen LogP contribution < -0.4 is 0 Å². The van der Waals surface area contributed by atoms with Crippen molar-refractivity contribution in [2.24, 2.45) is 5.41 Å². The van der Waals surface area contributed by atoms with E-state index in [-0.39, 0.29) is 11.3 Å². The standard InChI is InChI=1S/C15H23NO/c1-6-12(15(4,5)7-2)11-14(17)16(8-3)13-9-10-13/h6,8,11,13H,1,3,7,9-10H2,2,4-5H3/b12-11+. The molecule has 1 saturated carbocycles. The fourth-order valence-electron chi connectivity index (χ4n) is 1.71. The third kappa shape index (κ3) is 3.32. The SMILES string of the molecule is C=C/C(=C\C(=O)N(C=C)C1CC1)C(C)(C)CC. The molecule has 2 heteroatoms. The quantitative estimate of drug-likeness (QED) is 0.506. The Bertz CT molecular complexity index is 348. The van der Waals surface area contributed by atoms with Crippen LogP contribution in [-0.4, -0.2) is 16.8 Å². The Morgan fingerprint density at radius 2 is 2.00 bits per heavy atom. The molecule has 0 radical (unpaired) electrons. The van der Waals surface area contributed by atoms with Gasteiger partial charge in [0, 0.05) is 18.3 Å². The predicted molar refractivity (Wildman–Crippen MR) is 72.4 cm³/mol. The van der Waals surface area contributed by atoms with E-state index in [4.69, 9.17) is 0 Å². The van der Waals surface area contributed by atoms with E-state index in [0.717, 1.165) is 24.8 Å². The monoisotopic (exact) mass is 233 g/mol. The highest BCUT2D eigenvalue weighted by atomic mass is 16.2. The molecule has 0 aromatic carbocycles. The van der Waals surface area contributed by atoms with E-state index < -0.39 is 0 Å². The van der Waals surface area contributed by atoms with Crippen molar-refractivity contribution in [2.75, 3.05) is 0 Å². The molecule has 1 fully saturated rings. The van der Waals surface area contributed by atoms with Gasteiger partial charge in [0.15, 0.2) is 0 Å². The van der Waals surface area contributed by atoms with Gasteiger partial charge in [0.25, 0.3) is 5.91 Å². The van der Waals surface area contributed by atoms with Crippen LogP contribution in [0.4, 0.5) is 0 Å². The van der Waals surface area contributed by atoms with Gasteiger partial charge in [-0.1, -0.05) is 40.0 Å². The van der Waals surface area contributed by atoms with Gasteiger partial charge in [-0.3, -0.25) is 4.79 Å². The van der Waals surface area contributed by atoms with E-state index >= 15 is 0 Å². The minimum Gasteiger partial charge on any atom is -0.313 e. The zero-order valence-corrected chi connectivity index (χ0v) is 11.2. The molecule has 0 spiro atoms. The lowest BCUT2D eigenvalue weighted by molar-refractivity contribution is -0.124. The number of hydrogen-bond acceptors (Lipinski definition) is 1. The van der Waals surface area contributed by atoms with E-state index in [2.05, 4.69) is 33.9 Å². The largest absolute Gasteiger partial charge is 0.313 e. The van der Waals surface area contributed by atoms with Crippen LogP contribution in [0.15, 0.2) is 37.1 Å². The summed E-state index contributed by atoms with van der Waals surface area (Å²) in [6.45, 7) is 13.9. The second-order valence-corrected chi connectivity index (χ2v) is 5.20. The molecule has 0 atom stereocenters. The number of rotatable bonds is 6. The summed E-state index contributed by atoms with van der Waals surface area (Å²) in [4.78, 5) is 13.8. The Morgan fingerprint density at radius 3 is 2.35 bits per heavy atom. The van der Waals surface area contributed by atoms with Crippen LogP contribution in [0.3, 0.4) is 0 Å². The molecule has 0 aliphatic heterocycles. The number of allylic oxidation sites excluding steroid dienone is 2. The van der Waals surface area contributed by atoms with E-state index in [0.29, 0.717) is 6.04 Å². The van der Waals surface area contributed by atoms with E-state index in [1.165, 1.54) is 0 Å². The second-order valence-electron chi connectivity index (χ2n) is 5.20. The Hall–Kier alpha value is -1.31. The molecule has 1 amide bonds. The average Bonchev–Trinajstić information content (AvgIpc) is 3.11. The van der Waals surface area contributed by atoms with Gasteiger partial charge < -0.3 is 4.90 Å². The molecule has 0 N–H and O–H groups in total. The number of hydrogen-bond donors (Lipinski definition) is 0. The Kier molecular flexibility index (Phi) is 4.33. The molecular weight excluding hydrogens is 210 g/mol. The highest BCUT2D eigenvalue weighted by molar-refractivity contribution is 5.90. The van der Waals surface area contributed by atoms with Crippen molar-refractivity contribution in [1.82, 2.24) is 4.90 Å². The first-order valence-corrected chi connectivity index (χ1v) is 6.25. The van der Waals surface area contributed by atoms with Crippen molar-refractivity contribution in [3.63, 3.8) is 0 Å². The summed E-state index contributed by atoms with van der Waals surface area (Å²) in [5, 5.41) is 0. The molecule has 0 aromatic rings. The fraction of sp³-hybridized carbons (Fsp3) is 0.533. The van der Waals surface area contributed by atoms with Crippen LogP contribution in [0.1, 0.15) is 40.0 Å². The Morgan fingerprint density at radius 1 is 1.41 bits per heavy atom. The molecule has 1 rings (SSSR count). The van der Waals surface area contributed by atoms with Crippen molar-refractivity contribution >= 4 is 5.91 Å². The average molecular weight is 233 g/mol. The van der Waals surface area contributed by atoms with Crippen LogP contribution in [0.2, 0.25) is 0 Å². The van der Waals surface area contributed by atoms with E-state index in [9.17, 15) is 4.79 Å². The minimum atomic E-state index is -0.00615. The molecule has 94 valence electrons. The minimum absolute atomic E-state index is 0.00615. The summed E-state index contributed by atoms with van der Waals surface area (Å²) in [5.74, 6) is 0.0268. The summed E-state index contributed by atoms with van der Waals surface area (Å²) in [5.41, 5.74) is 0.992. The van der Waals surface area contributed by atoms with Crippen molar-refractivity contribution < 1.29 is 4.79 Å². The van der Waals surface area contributed by atoms with Crippen molar-refractivity contribution in [2.45, 2.75) is 46.1 Å². The number of amides is 1. The van der Waals surface area contributed by atoms with Gasteiger partial charge in [0.05, 0.1) is 0 Å². The van der Waals surface area contributed by atoms with Gasteiger partial charge in [-0.15, -0.1) is 0 Å². The first-order valence-electron chi connectivity index (χ1n) is 6.25. The van der Waals surface area contributed by atoms with Gasteiger partial charge in [-0.2, -0.15) is 0 Å². The summed E-state index contributed by atoms with van der Waals surface area (Å²) in [6.07, 6.45) is 8.29. The van der Waals surface area contributed by atoms with Crippen LogP contribution in [0, 0.1) is 5.41 Å². The maximum atomic E-state index is 12.1. The predicted octanol–water partition coefficient (Wildman–Crippen LogP) is 3.67. The molecule has 0 aromatic heterocycles. The molecule has 0 unspecified atom stereocenters.